The Balaban J connectivity index is 0.00000336. The molecule has 244 valence electrons. The van der Waals surface area contributed by atoms with Gasteiger partial charge in [-0.25, -0.2) is 9.97 Å². The van der Waals surface area contributed by atoms with Crippen molar-refractivity contribution in [3.05, 3.63) is 126 Å². The van der Waals surface area contributed by atoms with E-state index in [1.807, 2.05) is 6.20 Å². The van der Waals surface area contributed by atoms with Crippen LogP contribution in [0, 0.1) is 18.8 Å². The van der Waals surface area contributed by atoms with Gasteiger partial charge in [-0.1, -0.05) is 44.5 Å². The Morgan fingerprint density at radius 2 is 1.69 bits per heavy atom. The van der Waals surface area contributed by atoms with Crippen LogP contribution in [0.1, 0.15) is 56.1 Å². The smallest absolute Gasteiger partial charge is 0.135 e. The van der Waals surface area contributed by atoms with Gasteiger partial charge in [-0.3, -0.25) is 0 Å². The molecule has 0 saturated carbocycles. The summed E-state index contributed by atoms with van der Waals surface area (Å²) in [5.41, 5.74) is 11.4. The molecule has 0 saturated heterocycles. The minimum atomic E-state index is 0. The summed E-state index contributed by atoms with van der Waals surface area (Å²) in [5.74, 6) is 2.14. The summed E-state index contributed by atoms with van der Waals surface area (Å²) in [4.78, 5) is 14.3. The van der Waals surface area contributed by atoms with Crippen LogP contribution < -0.4 is 9.80 Å². The number of para-hydroxylation sites is 1. The molecule has 3 aromatic heterocycles. The molecule has 0 bridgehead atoms. The molecule has 4 aromatic carbocycles. The summed E-state index contributed by atoms with van der Waals surface area (Å²) in [6.45, 7) is 9.95. The van der Waals surface area contributed by atoms with Crippen molar-refractivity contribution in [2.75, 3.05) is 16.8 Å². The van der Waals surface area contributed by atoms with Crippen LogP contribution in [-0.4, -0.2) is 26.1 Å². The minimum Gasteiger partial charge on any atom is -0.504 e. The molecule has 0 N–H and O–H groups in total. The van der Waals surface area contributed by atoms with E-state index in [-0.39, 0.29) is 26.5 Å². The zero-order chi connectivity index (χ0) is 31.9. The van der Waals surface area contributed by atoms with E-state index in [2.05, 4.69) is 144 Å². The third-order valence-electron chi connectivity index (χ3n) is 9.85. The summed E-state index contributed by atoms with van der Waals surface area (Å²) < 4.78 is 4.68. The Morgan fingerprint density at radius 1 is 0.833 bits per heavy atom. The quantitative estimate of drug-likeness (QED) is 0.167. The van der Waals surface area contributed by atoms with E-state index in [1.54, 1.807) is 0 Å². The molecule has 0 aliphatic carbocycles. The van der Waals surface area contributed by atoms with Crippen molar-refractivity contribution < 1.29 is 21.1 Å². The Morgan fingerprint density at radius 3 is 2.56 bits per heavy atom. The number of aryl methyl sites for hydroxylation is 2. The van der Waals surface area contributed by atoms with Crippen LogP contribution in [-0.2, 0) is 45.9 Å². The van der Waals surface area contributed by atoms with Gasteiger partial charge in [0.05, 0.1) is 11.0 Å². The molecular weight excluding hydrogens is 772 g/mol. The van der Waals surface area contributed by atoms with Crippen LogP contribution in [0.15, 0.2) is 85.1 Å². The maximum atomic E-state index is 5.03. The molecule has 48 heavy (non-hydrogen) atoms. The number of anilines is 3. The molecule has 0 amide bonds. The molecule has 2 aliphatic rings. The predicted molar refractivity (Wildman–Crippen MR) is 192 cm³/mol. The van der Waals surface area contributed by atoms with Crippen LogP contribution in [0.4, 0.5) is 17.1 Å². The Labute approximate surface area is 296 Å². The van der Waals surface area contributed by atoms with Crippen molar-refractivity contribution in [1.29, 1.82) is 0 Å². The molecule has 6 nitrogen and oxygen atoms in total. The molecular formula is C41H37N6Pt-3. The first-order valence-electron chi connectivity index (χ1n) is 16.6. The van der Waals surface area contributed by atoms with Crippen molar-refractivity contribution in [3.63, 3.8) is 0 Å². The van der Waals surface area contributed by atoms with Crippen LogP contribution in [0.25, 0.3) is 38.7 Å². The van der Waals surface area contributed by atoms with Gasteiger partial charge in [0.25, 0.3) is 0 Å². The molecule has 0 atom stereocenters. The standard InChI is InChI=1S/C41H37N6.Pt/c1-41(2,3)29-17-18-42-40(23-29)47-34-13-6-5-12-31(34)32-16-15-28(22-35(32)47)20-27-10-9-11-30(21-27)46-26-44(4)37-25-36-33(24-38(37)46)43-39-14-7-8-19-45(36)39;/h5-6,9-13,15-18,23-26H,7-8,14,19-20H2,1-4H3;/q-3;. The molecule has 7 aromatic rings. The number of rotatable bonds is 4. The Bertz CT molecular complexity index is 2340. The number of fused-ring (bicyclic) bond motifs is 7. The largest absolute Gasteiger partial charge is 0.504 e. The van der Waals surface area contributed by atoms with E-state index in [0.29, 0.717) is 0 Å². The van der Waals surface area contributed by atoms with E-state index < -0.39 is 0 Å². The molecule has 0 spiro atoms. The number of benzene rings is 4. The fraction of sp³-hybridized carbons (Fsp3) is 0.244. The monoisotopic (exact) mass is 808 g/mol. The summed E-state index contributed by atoms with van der Waals surface area (Å²) in [6.07, 6.45) is 6.16. The van der Waals surface area contributed by atoms with Gasteiger partial charge in [0, 0.05) is 57.1 Å². The Kier molecular flexibility index (Phi) is 7.48. The second-order valence-electron chi connectivity index (χ2n) is 14.1. The summed E-state index contributed by atoms with van der Waals surface area (Å²) in [6, 6.07) is 35.9. The van der Waals surface area contributed by atoms with Crippen LogP contribution >= 0.6 is 0 Å². The fourth-order valence-electron chi connectivity index (χ4n) is 7.39. The van der Waals surface area contributed by atoms with E-state index in [0.717, 1.165) is 64.3 Å². The van der Waals surface area contributed by atoms with Gasteiger partial charge in [-0.2, -0.15) is 60.3 Å². The third-order valence-corrected chi connectivity index (χ3v) is 9.85. The number of aromatic nitrogens is 4. The van der Waals surface area contributed by atoms with E-state index in [1.165, 1.54) is 46.2 Å². The van der Waals surface area contributed by atoms with E-state index >= 15 is 0 Å². The Hall–Kier alpha value is -4.41. The van der Waals surface area contributed by atoms with Crippen molar-refractivity contribution in [2.45, 2.75) is 58.4 Å². The van der Waals surface area contributed by atoms with Crippen LogP contribution in [0.2, 0.25) is 0 Å². The van der Waals surface area contributed by atoms with Crippen molar-refractivity contribution in [1.82, 2.24) is 19.1 Å². The first kappa shape index (κ1) is 30.9. The molecule has 2 aliphatic heterocycles. The first-order chi connectivity index (χ1) is 22.8. The van der Waals surface area contributed by atoms with Gasteiger partial charge >= 0.3 is 0 Å². The molecule has 9 rings (SSSR count). The van der Waals surface area contributed by atoms with Gasteiger partial charge in [-0.05, 0) is 73.0 Å². The van der Waals surface area contributed by atoms with Crippen molar-refractivity contribution >= 4 is 49.9 Å². The fourth-order valence-corrected chi connectivity index (χ4v) is 7.39. The van der Waals surface area contributed by atoms with Gasteiger partial charge < -0.3 is 18.9 Å². The van der Waals surface area contributed by atoms with Gasteiger partial charge in [-0.15, -0.1) is 11.1 Å². The zero-order valence-corrected chi connectivity index (χ0v) is 30.0. The number of pyridine rings is 1. The average molecular weight is 809 g/mol. The van der Waals surface area contributed by atoms with Gasteiger partial charge in [0.2, 0.25) is 0 Å². The predicted octanol–water partition coefficient (Wildman–Crippen LogP) is 9.06. The van der Waals surface area contributed by atoms with Crippen LogP contribution in [0.5, 0.6) is 0 Å². The van der Waals surface area contributed by atoms with Gasteiger partial charge in [0.15, 0.2) is 0 Å². The second-order valence-corrected chi connectivity index (χ2v) is 14.1. The average Bonchev–Trinajstić information content (AvgIpc) is 3.72. The molecule has 5 heterocycles. The van der Waals surface area contributed by atoms with Crippen molar-refractivity contribution in [2.24, 2.45) is 0 Å². The third kappa shape index (κ3) is 5.04. The maximum Gasteiger partial charge on any atom is 0.135 e. The first-order valence-corrected chi connectivity index (χ1v) is 16.6. The molecule has 0 unspecified atom stereocenters. The SMILES string of the molecule is CN1[CH-]N(c2[c-]c(Cc3[c-]c4c(cc3)c3ccccc3n4-c3cc(C(C)(C)C)ccn3)ccc2)c2cc3nc4n(c3cc21)CCCC4.[Pt]. The number of hydrogen-bond acceptors (Lipinski definition) is 4. The zero-order valence-electron chi connectivity index (χ0n) is 27.7. The maximum absolute atomic E-state index is 5.03. The molecule has 0 radical (unpaired) electrons. The summed E-state index contributed by atoms with van der Waals surface area (Å²) in [7, 11) is 2.12. The molecule has 7 heteroatoms. The summed E-state index contributed by atoms with van der Waals surface area (Å²) >= 11 is 0. The van der Waals surface area contributed by atoms with E-state index in [4.69, 9.17) is 9.97 Å². The second kappa shape index (κ2) is 11.6. The van der Waals surface area contributed by atoms with Crippen molar-refractivity contribution in [3.8, 4) is 5.82 Å². The van der Waals surface area contributed by atoms with Crippen LogP contribution in [0.3, 0.4) is 0 Å². The topological polar surface area (TPSA) is 42.1 Å². The molecule has 0 fully saturated rings. The minimum absolute atomic E-state index is 0. The number of imidazole rings is 1. The number of nitrogens with zero attached hydrogens (tertiary/aromatic N) is 6. The van der Waals surface area contributed by atoms with E-state index in [9.17, 15) is 0 Å². The summed E-state index contributed by atoms with van der Waals surface area (Å²) in [5, 5.41) is 2.39. The van der Waals surface area contributed by atoms with Gasteiger partial charge in [0.1, 0.15) is 11.6 Å². The number of hydrogen-bond donors (Lipinski definition) is 0. The normalized spacial score (nSPS) is 14.5.